The molecule has 34 heavy (non-hydrogen) atoms. The lowest BCUT2D eigenvalue weighted by atomic mass is 10.0. The van der Waals surface area contributed by atoms with Crippen LogP contribution in [0, 0.1) is 0 Å². The van der Waals surface area contributed by atoms with Crippen LogP contribution in [0.1, 0.15) is 42.9 Å². The summed E-state index contributed by atoms with van der Waals surface area (Å²) in [6.45, 7) is 2.14. The molecule has 8 heteroatoms. The zero-order valence-electron chi connectivity index (χ0n) is 19.3. The van der Waals surface area contributed by atoms with Gasteiger partial charge < -0.3 is 18.9 Å². The molecule has 1 N–H and O–H groups in total. The van der Waals surface area contributed by atoms with Crippen LogP contribution in [0.15, 0.2) is 66.2 Å². The van der Waals surface area contributed by atoms with Gasteiger partial charge in [-0.25, -0.2) is 9.98 Å². The van der Waals surface area contributed by atoms with E-state index in [9.17, 15) is 4.79 Å². The van der Waals surface area contributed by atoms with Crippen molar-refractivity contribution in [2.24, 2.45) is 4.99 Å². The van der Waals surface area contributed by atoms with Crippen molar-refractivity contribution in [3.63, 3.8) is 0 Å². The third-order valence-electron chi connectivity index (χ3n) is 6.27. The van der Waals surface area contributed by atoms with Crippen molar-refractivity contribution in [3.05, 3.63) is 72.3 Å². The number of methoxy groups -OCH3 is 1. The molecule has 2 aromatic carbocycles. The van der Waals surface area contributed by atoms with Crippen LogP contribution in [0.3, 0.4) is 0 Å². The quantitative estimate of drug-likeness (QED) is 0.460. The van der Waals surface area contributed by atoms with Crippen molar-refractivity contribution in [2.45, 2.75) is 44.8 Å². The number of unbranched alkanes of at least 4 members (excludes halogenated alkanes) is 3. The Morgan fingerprint density at radius 1 is 1.09 bits per heavy atom. The van der Waals surface area contributed by atoms with Gasteiger partial charge in [0.1, 0.15) is 6.04 Å². The van der Waals surface area contributed by atoms with Crippen LogP contribution >= 0.6 is 0 Å². The Morgan fingerprint density at radius 2 is 1.94 bits per heavy atom. The SMILES string of the molecule is COc1c(OCCCCCCn2ccnc2)ccc2c1CN1C(=N2)NC(=O)C1c1ccccc1. The number of nitrogens with zero attached hydrogens (tertiary/aromatic N) is 4. The molecule has 5 rings (SSSR count). The molecule has 1 amide bonds. The van der Waals surface area contributed by atoms with Crippen LogP contribution in [-0.2, 0) is 17.9 Å². The highest BCUT2D eigenvalue weighted by Crippen LogP contribution is 2.43. The van der Waals surface area contributed by atoms with Crippen LogP contribution in [0.5, 0.6) is 11.5 Å². The molecule has 0 aliphatic carbocycles. The lowest BCUT2D eigenvalue weighted by Crippen LogP contribution is -2.33. The van der Waals surface area contributed by atoms with Gasteiger partial charge in [0, 0.05) is 24.5 Å². The van der Waals surface area contributed by atoms with E-state index in [1.807, 2.05) is 66.1 Å². The topological polar surface area (TPSA) is 81.0 Å². The van der Waals surface area contributed by atoms with Crippen molar-refractivity contribution in [3.8, 4) is 11.5 Å². The van der Waals surface area contributed by atoms with Gasteiger partial charge in [-0.15, -0.1) is 0 Å². The molecule has 176 valence electrons. The van der Waals surface area contributed by atoms with E-state index in [-0.39, 0.29) is 5.91 Å². The summed E-state index contributed by atoms with van der Waals surface area (Å²) in [7, 11) is 1.65. The number of fused-ring (bicyclic) bond motifs is 2. The first-order valence-corrected chi connectivity index (χ1v) is 11.7. The van der Waals surface area contributed by atoms with Crippen LogP contribution in [0.2, 0.25) is 0 Å². The Morgan fingerprint density at radius 3 is 2.74 bits per heavy atom. The average molecular weight is 460 g/mol. The number of imidazole rings is 1. The minimum atomic E-state index is -0.412. The normalized spacial score (nSPS) is 16.5. The van der Waals surface area contributed by atoms with Crippen LogP contribution in [0.25, 0.3) is 0 Å². The smallest absolute Gasteiger partial charge is 0.254 e. The van der Waals surface area contributed by atoms with Gasteiger partial charge in [-0.2, -0.15) is 0 Å². The Balaban J connectivity index is 1.22. The average Bonchev–Trinajstić information content (AvgIpc) is 3.49. The van der Waals surface area contributed by atoms with Gasteiger partial charge in [0.15, 0.2) is 11.5 Å². The second-order valence-corrected chi connectivity index (χ2v) is 8.52. The van der Waals surface area contributed by atoms with E-state index >= 15 is 0 Å². The molecule has 1 unspecified atom stereocenters. The van der Waals surface area contributed by atoms with Gasteiger partial charge >= 0.3 is 0 Å². The third kappa shape index (κ3) is 4.48. The molecule has 2 aliphatic heterocycles. The molecule has 3 aromatic rings. The first kappa shape index (κ1) is 22.0. The predicted molar refractivity (Wildman–Crippen MR) is 129 cm³/mol. The molecule has 2 aliphatic rings. The number of amides is 1. The maximum Gasteiger partial charge on any atom is 0.254 e. The Hall–Kier alpha value is -3.81. The largest absolute Gasteiger partial charge is 0.492 e. The molecule has 0 radical (unpaired) electrons. The maximum absolute atomic E-state index is 12.7. The number of hydrogen-bond acceptors (Lipinski definition) is 6. The van der Waals surface area contributed by atoms with Crippen LogP contribution in [-0.4, -0.2) is 40.0 Å². The van der Waals surface area contributed by atoms with Crippen molar-refractivity contribution >= 4 is 17.6 Å². The van der Waals surface area contributed by atoms with E-state index in [0.717, 1.165) is 49.0 Å². The number of aliphatic imine (C=N–C) groups is 1. The zero-order chi connectivity index (χ0) is 23.3. The maximum atomic E-state index is 12.7. The van der Waals surface area contributed by atoms with E-state index in [0.29, 0.717) is 30.6 Å². The van der Waals surface area contributed by atoms with Crippen molar-refractivity contribution < 1.29 is 14.3 Å². The van der Waals surface area contributed by atoms with Gasteiger partial charge in [0.2, 0.25) is 5.96 Å². The number of carbonyl (C=O) groups excluding carboxylic acids is 1. The lowest BCUT2D eigenvalue weighted by Gasteiger charge is -2.29. The second kappa shape index (κ2) is 9.99. The zero-order valence-corrected chi connectivity index (χ0v) is 19.3. The fourth-order valence-corrected chi connectivity index (χ4v) is 4.57. The summed E-state index contributed by atoms with van der Waals surface area (Å²) in [4.78, 5) is 23.5. The summed E-state index contributed by atoms with van der Waals surface area (Å²) in [6, 6.07) is 13.2. The van der Waals surface area contributed by atoms with Gasteiger partial charge in [-0.05, 0) is 30.5 Å². The number of nitrogens with one attached hydrogen (secondary N) is 1. The molecular weight excluding hydrogens is 430 g/mol. The van der Waals surface area contributed by atoms with Gasteiger partial charge in [-0.1, -0.05) is 43.2 Å². The number of aromatic nitrogens is 2. The second-order valence-electron chi connectivity index (χ2n) is 8.52. The fourth-order valence-electron chi connectivity index (χ4n) is 4.57. The fraction of sp³-hybridized carbons (Fsp3) is 0.346. The lowest BCUT2D eigenvalue weighted by molar-refractivity contribution is -0.121. The molecule has 1 aromatic heterocycles. The summed E-state index contributed by atoms with van der Waals surface area (Å²) in [5.41, 5.74) is 2.67. The molecule has 3 heterocycles. The number of carbonyl (C=O) groups is 1. The predicted octanol–water partition coefficient (Wildman–Crippen LogP) is 4.21. The van der Waals surface area contributed by atoms with Gasteiger partial charge in [0.25, 0.3) is 5.91 Å². The van der Waals surface area contributed by atoms with E-state index in [1.165, 1.54) is 0 Å². The molecule has 0 saturated carbocycles. The van der Waals surface area contributed by atoms with E-state index in [4.69, 9.17) is 14.5 Å². The first-order chi connectivity index (χ1) is 16.7. The minimum absolute atomic E-state index is 0.0683. The highest BCUT2D eigenvalue weighted by atomic mass is 16.5. The summed E-state index contributed by atoms with van der Waals surface area (Å²) >= 11 is 0. The number of aryl methyl sites for hydroxylation is 1. The molecular formula is C26H29N5O3. The third-order valence-corrected chi connectivity index (χ3v) is 6.27. The summed E-state index contributed by atoms with van der Waals surface area (Å²) in [5.74, 6) is 1.92. The van der Waals surface area contributed by atoms with E-state index in [2.05, 4.69) is 14.9 Å². The van der Waals surface area contributed by atoms with Crippen LogP contribution in [0.4, 0.5) is 5.69 Å². The highest BCUT2D eigenvalue weighted by Gasteiger charge is 2.41. The van der Waals surface area contributed by atoms with Gasteiger partial charge in [0.05, 0.1) is 32.3 Å². The molecule has 1 atom stereocenters. The molecule has 1 fully saturated rings. The Bertz CT molecular complexity index is 1160. The molecule has 0 spiro atoms. The summed E-state index contributed by atoms with van der Waals surface area (Å²) < 4.78 is 14.0. The number of rotatable bonds is 10. The Labute approximate surface area is 199 Å². The van der Waals surface area contributed by atoms with Crippen molar-refractivity contribution in [1.29, 1.82) is 0 Å². The number of hydrogen-bond donors (Lipinski definition) is 1. The molecule has 1 saturated heterocycles. The molecule has 8 nitrogen and oxygen atoms in total. The standard InChI is InChI=1S/C26H29N5O3/c1-33-24-20-17-31-23(19-9-5-4-6-10-19)25(32)29-26(31)28-21(20)11-12-22(24)34-16-8-3-2-7-14-30-15-13-27-18-30/h4-6,9-13,15,18,23H,2-3,7-8,14,16-17H2,1H3,(H,28,29,32). The molecule has 0 bridgehead atoms. The number of benzene rings is 2. The summed E-state index contributed by atoms with van der Waals surface area (Å²) in [5, 5.41) is 2.92. The van der Waals surface area contributed by atoms with Crippen molar-refractivity contribution in [2.75, 3.05) is 13.7 Å². The highest BCUT2D eigenvalue weighted by molar-refractivity contribution is 6.08. The monoisotopic (exact) mass is 459 g/mol. The van der Waals surface area contributed by atoms with Crippen molar-refractivity contribution in [1.82, 2.24) is 19.8 Å². The first-order valence-electron chi connectivity index (χ1n) is 11.7. The minimum Gasteiger partial charge on any atom is -0.492 e. The number of ether oxygens (including phenoxy) is 2. The van der Waals surface area contributed by atoms with Gasteiger partial charge in [-0.3, -0.25) is 10.1 Å². The Kier molecular flexibility index (Phi) is 6.46. The summed E-state index contributed by atoms with van der Waals surface area (Å²) in [6.07, 6.45) is 10.0. The number of guanidine groups is 1. The van der Waals surface area contributed by atoms with Crippen LogP contribution < -0.4 is 14.8 Å². The van der Waals surface area contributed by atoms with E-state index in [1.54, 1.807) is 7.11 Å². The van der Waals surface area contributed by atoms with E-state index < -0.39 is 6.04 Å².